The van der Waals surface area contributed by atoms with E-state index in [4.69, 9.17) is 9.47 Å². The maximum absolute atomic E-state index is 13.2. The third-order valence-electron chi connectivity index (χ3n) is 6.06. The van der Waals surface area contributed by atoms with Crippen LogP contribution in [0, 0.1) is 11.3 Å². The Balaban J connectivity index is 1.57. The van der Waals surface area contributed by atoms with E-state index < -0.39 is 15.9 Å². The first kappa shape index (κ1) is 24.9. The number of ether oxygens (including phenoxy) is 2. The highest BCUT2D eigenvalue weighted by molar-refractivity contribution is 7.89. The van der Waals surface area contributed by atoms with Gasteiger partial charge in [-0.05, 0) is 37.4 Å². The molecule has 10 nitrogen and oxygen atoms in total. The van der Waals surface area contributed by atoms with E-state index in [1.807, 2.05) is 6.07 Å². The second-order valence-electron chi connectivity index (χ2n) is 8.43. The fourth-order valence-corrected chi connectivity index (χ4v) is 5.48. The van der Waals surface area contributed by atoms with Gasteiger partial charge in [0.05, 0.1) is 35.0 Å². The number of nitrogens with one attached hydrogen (secondary N) is 1. The van der Waals surface area contributed by atoms with E-state index in [1.54, 1.807) is 36.4 Å². The Bertz CT molecular complexity index is 1200. The number of benzene rings is 2. The molecule has 1 amide bonds. The molecule has 4 rings (SSSR count). The summed E-state index contributed by atoms with van der Waals surface area (Å²) in [4.78, 5) is 17.3. The van der Waals surface area contributed by atoms with Gasteiger partial charge < -0.3 is 24.6 Å². The number of carbonyl (C=O) groups excluding carboxylic acids is 1. The van der Waals surface area contributed by atoms with Crippen LogP contribution in [0.15, 0.2) is 47.4 Å². The molecular weight excluding hydrogens is 470 g/mol. The number of hydrogen-bond donors (Lipinski definition) is 1. The van der Waals surface area contributed by atoms with Crippen LogP contribution in [-0.4, -0.2) is 89.7 Å². The van der Waals surface area contributed by atoms with Crippen LogP contribution >= 0.6 is 0 Å². The largest absolute Gasteiger partial charge is 0.482 e. The molecule has 1 N–H and O–H groups in total. The number of morpholine rings is 1. The third-order valence-corrected chi connectivity index (χ3v) is 7.95. The van der Waals surface area contributed by atoms with E-state index in [-0.39, 0.29) is 24.6 Å². The Hall–Kier alpha value is -3.17. The monoisotopic (exact) mass is 499 g/mol. The Labute approximate surface area is 205 Å². The topological polar surface area (TPSA) is 115 Å². The standard InChI is InChI=1S/C24H29N5O5S/c1-27-8-10-28(11-9-27)22-7-6-20(35(31,32)29-12-14-33-15-13-29)16-21(22)26-24(30)18-34-23-5-3-2-4-19(23)17-25/h2-7,16H,8-15,18H2,1H3,(H,26,30). The molecule has 2 heterocycles. The highest BCUT2D eigenvalue weighted by atomic mass is 32.2. The molecule has 0 bridgehead atoms. The lowest BCUT2D eigenvalue weighted by molar-refractivity contribution is -0.118. The number of hydrogen-bond acceptors (Lipinski definition) is 8. The van der Waals surface area contributed by atoms with Crippen molar-refractivity contribution in [2.45, 2.75) is 4.90 Å². The van der Waals surface area contributed by atoms with Crippen LogP contribution in [0.25, 0.3) is 0 Å². The number of likely N-dealkylation sites (N-methyl/N-ethyl adjacent to an activating group) is 1. The summed E-state index contributed by atoms with van der Waals surface area (Å²) in [5, 5.41) is 12.1. The van der Waals surface area contributed by atoms with Crippen molar-refractivity contribution in [3.05, 3.63) is 48.0 Å². The maximum atomic E-state index is 13.2. The first-order valence-electron chi connectivity index (χ1n) is 11.5. The van der Waals surface area contributed by atoms with Crippen molar-refractivity contribution < 1.29 is 22.7 Å². The quantitative estimate of drug-likeness (QED) is 0.607. The first-order valence-corrected chi connectivity index (χ1v) is 12.9. The minimum absolute atomic E-state index is 0.114. The lowest BCUT2D eigenvalue weighted by atomic mass is 10.2. The molecule has 2 aromatic carbocycles. The molecule has 0 unspecified atom stereocenters. The van der Waals surface area contributed by atoms with Crippen LogP contribution in [0.5, 0.6) is 5.75 Å². The van der Waals surface area contributed by atoms with Crippen LogP contribution in [0.1, 0.15) is 5.56 Å². The average Bonchev–Trinajstić information content (AvgIpc) is 2.88. The molecule has 2 aromatic rings. The van der Waals surface area contributed by atoms with Gasteiger partial charge in [-0.15, -0.1) is 0 Å². The van der Waals surface area contributed by atoms with Gasteiger partial charge in [-0.25, -0.2) is 8.42 Å². The second kappa shape index (κ2) is 11.0. The van der Waals surface area contributed by atoms with Crippen molar-refractivity contribution in [2.24, 2.45) is 0 Å². The predicted octanol–water partition coefficient (Wildman–Crippen LogP) is 1.35. The van der Waals surface area contributed by atoms with Crippen LogP contribution < -0.4 is 15.0 Å². The van der Waals surface area contributed by atoms with Gasteiger partial charge in [0.25, 0.3) is 5.91 Å². The Morgan fingerprint density at radius 2 is 1.80 bits per heavy atom. The molecule has 0 atom stereocenters. The van der Waals surface area contributed by atoms with Crippen LogP contribution in [0.4, 0.5) is 11.4 Å². The molecule has 0 radical (unpaired) electrons. The fourth-order valence-electron chi connectivity index (χ4n) is 4.05. The zero-order valence-electron chi connectivity index (χ0n) is 19.6. The van der Waals surface area contributed by atoms with Gasteiger partial charge in [0.1, 0.15) is 11.8 Å². The van der Waals surface area contributed by atoms with Gasteiger partial charge in [-0.3, -0.25) is 4.79 Å². The third kappa shape index (κ3) is 5.91. The molecule has 35 heavy (non-hydrogen) atoms. The SMILES string of the molecule is CN1CCN(c2ccc(S(=O)(=O)N3CCOCC3)cc2NC(=O)COc2ccccc2C#N)CC1. The minimum Gasteiger partial charge on any atom is -0.482 e. The summed E-state index contributed by atoms with van der Waals surface area (Å²) in [6.07, 6.45) is 0. The molecule has 2 fully saturated rings. The van der Waals surface area contributed by atoms with Crippen molar-refractivity contribution in [3.63, 3.8) is 0 Å². The summed E-state index contributed by atoms with van der Waals surface area (Å²) >= 11 is 0. The second-order valence-corrected chi connectivity index (χ2v) is 10.4. The summed E-state index contributed by atoms with van der Waals surface area (Å²) in [6, 6.07) is 13.6. The average molecular weight is 500 g/mol. The number of rotatable bonds is 7. The molecule has 0 saturated carbocycles. The zero-order chi connectivity index (χ0) is 24.8. The van der Waals surface area contributed by atoms with Crippen molar-refractivity contribution in [2.75, 3.05) is 76.4 Å². The summed E-state index contributed by atoms with van der Waals surface area (Å²) in [6.45, 7) is 4.17. The van der Waals surface area contributed by atoms with Gasteiger partial charge in [0, 0.05) is 39.3 Å². The first-order chi connectivity index (χ1) is 16.9. The van der Waals surface area contributed by atoms with Gasteiger partial charge in [-0.1, -0.05) is 12.1 Å². The maximum Gasteiger partial charge on any atom is 0.262 e. The summed E-state index contributed by atoms with van der Waals surface area (Å²) < 4.78 is 38.7. The van der Waals surface area contributed by atoms with E-state index in [0.717, 1.165) is 31.9 Å². The van der Waals surface area contributed by atoms with Gasteiger partial charge in [0.2, 0.25) is 10.0 Å². The van der Waals surface area contributed by atoms with E-state index in [1.165, 1.54) is 10.4 Å². The molecule has 2 aliphatic rings. The van der Waals surface area contributed by atoms with Crippen molar-refractivity contribution in [3.8, 4) is 11.8 Å². The Morgan fingerprint density at radius 1 is 1.09 bits per heavy atom. The molecule has 2 saturated heterocycles. The number of para-hydroxylation sites is 1. The highest BCUT2D eigenvalue weighted by Gasteiger charge is 2.28. The van der Waals surface area contributed by atoms with Crippen molar-refractivity contribution >= 4 is 27.3 Å². The van der Waals surface area contributed by atoms with Gasteiger partial charge in [-0.2, -0.15) is 9.57 Å². The molecule has 0 aromatic heterocycles. The number of carbonyl (C=O) groups is 1. The number of sulfonamides is 1. The van der Waals surface area contributed by atoms with E-state index >= 15 is 0 Å². The number of amides is 1. The van der Waals surface area contributed by atoms with Gasteiger partial charge in [0.15, 0.2) is 6.61 Å². The molecular formula is C24H29N5O5S. The van der Waals surface area contributed by atoms with E-state index in [2.05, 4.69) is 22.2 Å². The van der Waals surface area contributed by atoms with Crippen LogP contribution in [0.3, 0.4) is 0 Å². The smallest absolute Gasteiger partial charge is 0.262 e. The van der Waals surface area contributed by atoms with Crippen molar-refractivity contribution in [1.29, 1.82) is 5.26 Å². The Kier molecular flexibility index (Phi) is 7.87. The molecule has 11 heteroatoms. The van der Waals surface area contributed by atoms with E-state index in [0.29, 0.717) is 30.2 Å². The summed E-state index contributed by atoms with van der Waals surface area (Å²) in [7, 11) is -1.68. The zero-order valence-corrected chi connectivity index (χ0v) is 20.5. The minimum atomic E-state index is -3.73. The summed E-state index contributed by atoms with van der Waals surface area (Å²) in [5.41, 5.74) is 1.49. The lowest BCUT2D eigenvalue weighted by Crippen LogP contribution is -2.45. The highest BCUT2D eigenvalue weighted by Crippen LogP contribution is 2.31. The van der Waals surface area contributed by atoms with Crippen LogP contribution in [-0.2, 0) is 19.6 Å². The van der Waals surface area contributed by atoms with Crippen molar-refractivity contribution in [1.82, 2.24) is 9.21 Å². The number of anilines is 2. The fraction of sp³-hybridized carbons (Fsp3) is 0.417. The summed E-state index contributed by atoms with van der Waals surface area (Å²) in [5.74, 6) is -0.137. The molecule has 0 spiro atoms. The molecule has 0 aliphatic carbocycles. The van der Waals surface area contributed by atoms with Crippen LogP contribution in [0.2, 0.25) is 0 Å². The lowest BCUT2D eigenvalue weighted by Gasteiger charge is -2.35. The normalized spacial score (nSPS) is 17.5. The van der Waals surface area contributed by atoms with Gasteiger partial charge >= 0.3 is 0 Å². The number of nitriles is 1. The number of piperazine rings is 1. The number of nitrogens with zero attached hydrogens (tertiary/aromatic N) is 4. The molecule has 186 valence electrons. The molecule has 2 aliphatic heterocycles. The van der Waals surface area contributed by atoms with E-state index in [9.17, 15) is 18.5 Å². The predicted molar refractivity (Wildman–Crippen MR) is 131 cm³/mol. The Morgan fingerprint density at radius 3 is 2.51 bits per heavy atom.